The molecule has 20 heavy (non-hydrogen) atoms. The molecule has 0 fully saturated rings. The van der Waals surface area contributed by atoms with Crippen LogP contribution in [0.5, 0.6) is 0 Å². The van der Waals surface area contributed by atoms with Gasteiger partial charge >= 0.3 is 0 Å². The van der Waals surface area contributed by atoms with Gasteiger partial charge in [0, 0.05) is 25.0 Å². The first-order chi connectivity index (χ1) is 9.49. The van der Waals surface area contributed by atoms with Crippen LogP contribution in [0.2, 0.25) is 0 Å². The molecule has 0 saturated heterocycles. The van der Waals surface area contributed by atoms with Gasteiger partial charge in [-0.05, 0) is 32.0 Å². The number of amides is 1. The molecule has 0 spiro atoms. The van der Waals surface area contributed by atoms with Gasteiger partial charge in [-0.25, -0.2) is 4.39 Å². The van der Waals surface area contributed by atoms with Crippen molar-refractivity contribution in [2.45, 2.75) is 19.9 Å². The lowest BCUT2D eigenvalue weighted by atomic mass is 10.2. The summed E-state index contributed by atoms with van der Waals surface area (Å²) in [5.74, 6) is -0.700. The van der Waals surface area contributed by atoms with Crippen LogP contribution in [0.4, 0.5) is 15.8 Å². The Morgan fingerprint density at radius 1 is 1.45 bits per heavy atom. The number of carbonyl (C=O) groups excluding carboxylic acids is 1. The largest absolute Gasteiger partial charge is 0.370 e. The number of H-pyrrole nitrogens is 1. The monoisotopic (exact) mass is 276 g/mol. The van der Waals surface area contributed by atoms with Crippen LogP contribution in [0, 0.1) is 5.82 Å². The second-order valence-electron chi connectivity index (χ2n) is 4.81. The van der Waals surface area contributed by atoms with Crippen LogP contribution >= 0.6 is 0 Å². The van der Waals surface area contributed by atoms with Crippen LogP contribution in [-0.2, 0) is 0 Å². The molecule has 2 N–H and O–H groups in total. The number of aromatic amines is 1. The number of benzene rings is 1. The van der Waals surface area contributed by atoms with Crippen LogP contribution in [0.15, 0.2) is 30.6 Å². The summed E-state index contributed by atoms with van der Waals surface area (Å²) >= 11 is 0. The van der Waals surface area contributed by atoms with Crippen LogP contribution in [0.3, 0.4) is 0 Å². The van der Waals surface area contributed by atoms with Crippen LogP contribution < -0.4 is 10.2 Å². The Labute approximate surface area is 116 Å². The Hall–Kier alpha value is -2.37. The molecule has 6 heteroatoms. The number of halogens is 1. The predicted octanol–water partition coefficient (Wildman–Crippen LogP) is 2.65. The number of nitrogens with one attached hydrogen (secondary N) is 2. The van der Waals surface area contributed by atoms with Crippen LogP contribution in [-0.4, -0.2) is 29.2 Å². The third-order valence-corrected chi connectivity index (χ3v) is 3.12. The maximum atomic E-state index is 14.0. The number of hydrogen-bond donors (Lipinski definition) is 2. The van der Waals surface area contributed by atoms with E-state index < -0.39 is 0 Å². The first-order valence-electron chi connectivity index (χ1n) is 6.31. The average Bonchev–Trinajstić information content (AvgIpc) is 2.92. The number of aromatic nitrogens is 2. The van der Waals surface area contributed by atoms with Crippen molar-refractivity contribution in [1.82, 2.24) is 10.2 Å². The third kappa shape index (κ3) is 2.96. The van der Waals surface area contributed by atoms with E-state index in [2.05, 4.69) is 15.5 Å². The summed E-state index contributed by atoms with van der Waals surface area (Å²) in [7, 11) is 1.83. The zero-order valence-corrected chi connectivity index (χ0v) is 11.6. The van der Waals surface area contributed by atoms with E-state index >= 15 is 0 Å². The quantitative estimate of drug-likeness (QED) is 0.902. The van der Waals surface area contributed by atoms with Crippen molar-refractivity contribution >= 4 is 17.3 Å². The van der Waals surface area contributed by atoms with Gasteiger partial charge in [-0.2, -0.15) is 5.10 Å². The molecule has 2 rings (SSSR count). The molecular weight excluding hydrogens is 259 g/mol. The van der Waals surface area contributed by atoms with E-state index in [4.69, 9.17) is 0 Å². The minimum absolute atomic E-state index is 0.191. The first-order valence-corrected chi connectivity index (χ1v) is 6.31. The van der Waals surface area contributed by atoms with Gasteiger partial charge < -0.3 is 10.2 Å². The van der Waals surface area contributed by atoms with Crippen molar-refractivity contribution in [3.05, 3.63) is 42.0 Å². The highest BCUT2D eigenvalue weighted by molar-refractivity contribution is 6.03. The Morgan fingerprint density at radius 3 is 2.75 bits per heavy atom. The summed E-state index contributed by atoms with van der Waals surface area (Å²) < 4.78 is 14.0. The molecule has 1 aromatic heterocycles. The van der Waals surface area contributed by atoms with Gasteiger partial charge in [0.15, 0.2) is 0 Å². The normalized spacial score (nSPS) is 10.7. The summed E-state index contributed by atoms with van der Waals surface area (Å²) in [6.07, 6.45) is 2.89. The van der Waals surface area contributed by atoms with Gasteiger partial charge in [0.05, 0.1) is 17.4 Å². The first kappa shape index (κ1) is 14.0. The standard InChI is InChI=1S/C14H17FN4O/c1-9(2)19(3)13-5-4-11(6-12(13)15)18-14(20)10-7-16-17-8-10/h4-9H,1-3H3,(H,16,17)(H,18,20). The fourth-order valence-electron chi connectivity index (χ4n) is 1.73. The van der Waals surface area contributed by atoms with E-state index in [1.54, 1.807) is 12.1 Å². The van der Waals surface area contributed by atoms with Crippen LogP contribution in [0.25, 0.3) is 0 Å². The molecule has 0 unspecified atom stereocenters. The van der Waals surface area contributed by atoms with Crippen molar-refractivity contribution in [3.63, 3.8) is 0 Å². The molecule has 2 aromatic rings. The smallest absolute Gasteiger partial charge is 0.258 e. The van der Waals surface area contributed by atoms with Crippen molar-refractivity contribution in [2.24, 2.45) is 0 Å². The summed E-state index contributed by atoms with van der Waals surface area (Å²) in [5, 5.41) is 8.87. The van der Waals surface area contributed by atoms with Gasteiger partial charge in [0.1, 0.15) is 5.82 Å². The second-order valence-corrected chi connectivity index (χ2v) is 4.81. The molecule has 0 aliphatic rings. The van der Waals surface area contributed by atoms with Gasteiger partial charge in [0.25, 0.3) is 5.91 Å². The molecule has 0 atom stereocenters. The van der Waals surface area contributed by atoms with E-state index in [-0.39, 0.29) is 17.8 Å². The number of rotatable bonds is 4. The van der Waals surface area contributed by atoms with E-state index in [0.717, 1.165) is 0 Å². The van der Waals surface area contributed by atoms with Crippen molar-refractivity contribution < 1.29 is 9.18 Å². The van der Waals surface area contributed by atoms with Gasteiger partial charge in [0.2, 0.25) is 0 Å². The molecule has 1 heterocycles. The van der Waals surface area contributed by atoms with Gasteiger partial charge in [-0.3, -0.25) is 9.89 Å². The molecule has 1 amide bonds. The molecule has 106 valence electrons. The number of nitrogens with zero attached hydrogens (tertiary/aromatic N) is 2. The zero-order chi connectivity index (χ0) is 14.7. The number of carbonyl (C=O) groups is 1. The van der Waals surface area contributed by atoms with Crippen molar-refractivity contribution in [1.29, 1.82) is 0 Å². The predicted molar refractivity (Wildman–Crippen MR) is 76.5 cm³/mol. The van der Waals surface area contributed by atoms with E-state index in [1.165, 1.54) is 18.5 Å². The zero-order valence-electron chi connectivity index (χ0n) is 11.6. The fourth-order valence-corrected chi connectivity index (χ4v) is 1.73. The minimum atomic E-state index is -0.369. The molecule has 0 aliphatic heterocycles. The SMILES string of the molecule is CC(C)N(C)c1ccc(NC(=O)c2cn[nH]c2)cc1F. The summed E-state index contributed by atoms with van der Waals surface area (Å²) in [5.41, 5.74) is 1.31. The van der Waals surface area contributed by atoms with E-state index in [0.29, 0.717) is 16.9 Å². The Morgan fingerprint density at radius 2 is 2.20 bits per heavy atom. The third-order valence-electron chi connectivity index (χ3n) is 3.12. The maximum Gasteiger partial charge on any atom is 0.258 e. The topological polar surface area (TPSA) is 61.0 Å². The highest BCUT2D eigenvalue weighted by Gasteiger charge is 2.12. The van der Waals surface area contributed by atoms with Crippen molar-refractivity contribution in [3.8, 4) is 0 Å². The van der Waals surface area contributed by atoms with Gasteiger partial charge in [-0.15, -0.1) is 0 Å². The highest BCUT2D eigenvalue weighted by atomic mass is 19.1. The molecule has 0 bridgehead atoms. The molecule has 0 aliphatic carbocycles. The van der Waals surface area contributed by atoms with E-state index in [9.17, 15) is 9.18 Å². The van der Waals surface area contributed by atoms with Crippen molar-refractivity contribution in [2.75, 3.05) is 17.3 Å². The summed E-state index contributed by atoms with van der Waals surface area (Å²) in [6, 6.07) is 4.83. The maximum absolute atomic E-state index is 14.0. The van der Waals surface area contributed by atoms with E-state index in [1.807, 2.05) is 25.8 Å². The lowest BCUT2D eigenvalue weighted by Crippen LogP contribution is -2.26. The molecular formula is C14H17FN4O. The molecule has 1 aromatic carbocycles. The highest BCUT2D eigenvalue weighted by Crippen LogP contribution is 2.23. The lowest BCUT2D eigenvalue weighted by molar-refractivity contribution is 0.102. The number of anilines is 2. The van der Waals surface area contributed by atoms with Gasteiger partial charge in [-0.1, -0.05) is 0 Å². The summed E-state index contributed by atoms with van der Waals surface area (Å²) in [4.78, 5) is 13.6. The van der Waals surface area contributed by atoms with Crippen LogP contribution in [0.1, 0.15) is 24.2 Å². The summed E-state index contributed by atoms with van der Waals surface area (Å²) in [6.45, 7) is 3.96. The molecule has 0 radical (unpaired) electrons. The molecule has 5 nitrogen and oxygen atoms in total. The lowest BCUT2D eigenvalue weighted by Gasteiger charge is -2.24. The minimum Gasteiger partial charge on any atom is -0.370 e. The average molecular weight is 276 g/mol. The Kier molecular flexibility index (Phi) is 4.02. The molecule has 0 saturated carbocycles. The second kappa shape index (κ2) is 5.73. The number of hydrogen-bond acceptors (Lipinski definition) is 3. The Bertz CT molecular complexity index is 595. The fraction of sp³-hybridized carbons (Fsp3) is 0.286. The Balaban J connectivity index is 2.15.